The third-order valence-corrected chi connectivity index (χ3v) is 4.69. The average Bonchev–Trinajstić information content (AvgIpc) is 2.77. The van der Waals surface area contributed by atoms with Gasteiger partial charge >= 0.3 is 0 Å². The van der Waals surface area contributed by atoms with Gasteiger partial charge in [0.15, 0.2) is 0 Å². The molecule has 1 saturated heterocycles. The van der Waals surface area contributed by atoms with Crippen LogP contribution in [-0.4, -0.2) is 47.2 Å². The van der Waals surface area contributed by atoms with Crippen molar-refractivity contribution in [3.8, 4) is 0 Å². The first kappa shape index (κ1) is 16.6. The first-order valence-corrected chi connectivity index (χ1v) is 7.73. The molecular weight excluding hydrogens is 311 g/mol. The average molecular weight is 331 g/mol. The molecule has 21 heavy (non-hydrogen) atoms. The Morgan fingerprint density at radius 1 is 1.33 bits per heavy atom. The smallest absolute Gasteiger partial charge is 0.251 e. The maximum Gasteiger partial charge on any atom is 0.251 e. The Bertz CT molecular complexity index is 525. The van der Waals surface area contributed by atoms with E-state index in [4.69, 9.17) is 23.2 Å². The van der Waals surface area contributed by atoms with E-state index in [9.17, 15) is 9.90 Å². The molecular formula is C15H20Cl2N2O2. The van der Waals surface area contributed by atoms with Gasteiger partial charge in [-0.2, -0.15) is 0 Å². The molecule has 1 aromatic rings. The Morgan fingerprint density at radius 2 is 1.90 bits per heavy atom. The summed E-state index contributed by atoms with van der Waals surface area (Å²) >= 11 is 12.1. The Balaban J connectivity index is 2.08. The van der Waals surface area contributed by atoms with Crippen LogP contribution >= 0.6 is 23.2 Å². The summed E-state index contributed by atoms with van der Waals surface area (Å²) in [6, 6.07) is 3.25. The molecule has 2 rings (SSSR count). The minimum atomic E-state index is -0.562. The Kier molecular flexibility index (Phi) is 5.15. The second-order valence-corrected chi connectivity index (χ2v) is 6.57. The fourth-order valence-corrected chi connectivity index (χ4v) is 2.90. The van der Waals surface area contributed by atoms with E-state index in [2.05, 4.69) is 24.1 Å². The summed E-state index contributed by atoms with van der Waals surface area (Å²) in [7, 11) is 0. The third kappa shape index (κ3) is 3.69. The van der Waals surface area contributed by atoms with E-state index in [1.54, 1.807) is 19.1 Å². The fraction of sp³-hybridized carbons (Fsp3) is 0.533. The first-order valence-electron chi connectivity index (χ1n) is 6.98. The zero-order valence-corrected chi connectivity index (χ0v) is 13.9. The van der Waals surface area contributed by atoms with Crippen LogP contribution in [0.1, 0.15) is 29.8 Å². The van der Waals surface area contributed by atoms with Gasteiger partial charge in [0.2, 0.25) is 0 Å². The van der Waals surface area contributed by atoms with Crippen LogP contribution in [0.5, 0.6) is 0 Å². The summed E-state index contributed by atoms with van der Waals surface area (Å²) < 4.78 is 0. The summed E-state index contributed by atoms with van der Waals surface area (Å²) in [6.45, 7) is 7.14. The molecule has 4 nitrogen and oxygen atoms in total. The van der Waals surface area contributed by atoms with E-state index >= 15 is 0 Å². The van der Waals surface area contributed by atoms with Crippen LogP contribution in [0.15, 0.2) is 12.1 Å². The van der Waals surface area contributed by atoms with Gasteiger partial charge in [-0.05, 0) is 38.5 Å². The summed E-state index contributed by atoms with van der Waals surface area (Å²) in [5, 5.41) is 13.8. The molecule has 0 bridgehead atoms. The number of likely N-dealkylation sites (tertiary alicyclic amines) is 1. The van der Waals surface area contributed by atoms with E-state index in [1.807, 2.05) is 0 Å². The van der Waals surface area contributed by atoms with Gasteiger partial charge in [-0.15, -0.1) is 0 Å². The fourth-order valence-electron chi connectivity index (χ4n) is 2.41. The largest absolute Gasteiger partial charge is 0.390 e. The van der Waals surface area contributed by atoms with Crippen molar-refractivity contribution >= 4 is 29.1 Å². The summed E-state index contributed by atoms with van der Waals surface area (Å²) in [6.07, 6.45) is -0.562. The van der Waals surface area contributed by atoms with Crippen LogP contribution in [-0.2, 0) is 0 Å². The van der Waals surface area contributed by atoms with Crippen LogP contribution in [0.3, 0.4) is 0 Å². The maximum atomic E-state index is 12.3. The summed E-state index contributed by atoms with van der Waals surface area (Å²) in [5.74, 6) is -0.270. The number of aliphatic hydroxyl groups excluding tert-OH is 1. The molecule has 1 aliphatic rings. The van der Waals surface area contributed by atoms with Crippen LogP contribution in [0.4, 0.5) is 0 Å². The maximum absolute atomic E-state index is 12.3. The number of nitrogens with one attached hydrogen (secondary N) is 1. The van der Waals surface area contributed by atoms with Gasteiger partial charge in [-0.25, -0.2) is 0 Å². The molecule has 0 aliphatic carbocycles. The predicted molar refractivity (Wildman–Crippen MR) is 85.2 cm³/mol. The van der Waals surface area contributed by atoms with E-state index in [0.717, 1.165) is 5.56 Å². The summed E-state index contributed by atoms with van der Waals surface area (Å²) in [4.78, 5) is 14.4. The minimum absolute atomic E-state index is 0.270. The number of hydrogen-bond donors (Lipinski definition) is 2. The van der Waals surface area contributed by atoms with Gasteiger partial charge in [-0.3, -0.25) is 9.69 Å². The number of benzene rings is 1. The van der Waals surface area contributed by atoms with Gasteiger partial charge < -0.3 is 10.4 Å². The molecule has 0 radical (unpaired) electrons. The SMILES string of the molecule is Cc1c(Cl)cc(C(=O)NC2CN(C(C)C)CC2O)cc1Cl. The number of carbonyl (C=O) groups excluding carboxylic acids is 1. The molecule has 1 aromatic carbocycles. The minimum Gasteiger partial charge on any atom is -0.390 e. The highest BCUT2D eigenvalue weighted by Gasteiger charge is 2.33. The van der Waals surface area contributed by atoms with Crippen molar-refractivity contribution in [2.45, 2.75) is 39.0 Å². The first-order chi connectivity index (χ1) is 9.79. The highest BCUT2D eigenvalue weighted by Crippen LogP contribution is 2.25. The molecule has 2 unspecified atom stereocenters. The molecule has 1 amide bonds. The molecule has 2 atom stereocenters. The van der Waals surface area contributed by atoms with Crippen LogP contribution in [0.2, 0.25) is 10.0 Å². The van der Waals surface area contributed by atoms with Gasteiger partial charge in [0.1, 0.15) is 0 Å². The topological polar surface area (TPSA) is 52.6 Å². The van der Waals surface area contributed by atoms with E-state index in [-0.39, 0.29) is 11.9 Å². The van der Waals surface area contributed by atoms with Crippen molar-refractivity contribution in [3.63, 3.8) is 0 Å². The second kappa shape index (κ2) is 6.53. The number of nitrogens with zero attached hydrogens (tertiary/aromatic N) is 1. The van der Waals surface area contributed by atoms with E-state index in [0.29, 0.717) is 34.7 Å². The Labute approximate surface area is 135 Å². The monoisotopic (exact) mass is 330 g/mol. The van der Waals surface area contributed by atoms with Crippen LogP contribution in [0, 0.1) is 6.92 Å². The molecule has 0 saturated carbocycles. The van der Waals surface area contributed by atoms with Crippen molar-refractivity contribution in [3.05, 3.63) is 33.3 Å². The molecule has 116 valence electrons. The number of carbonyl (C=O) groups is 1. The number of aliphatic hydroxyl groups is 1. The molecule has 0 spiro atoms. The van der Waals surface area contributed by atoms with Crippen LogP contribution < -0.4 is 5.32 Å². The number of amides is 1. The number of halogens is 2. The van der Waals surface area contributed by atoms with Gasteiger partial charge in [0.25, 0.3) is 5.91 Å². The number of hydrogen-bond acceptors (Lipinski definition) is 3. The normalized spacial score (nSPS) is 22.8. The Hall–Kier alpha value is -0.810. The zero-order chi connectivity index (χ0) is 15.7. The van der Waals surface area contributed by atoms with Crippen molar-refractivity contribution in [2.75, 3.05) is 13.1 Å². The molecule has 6 heteroatoms. The lowest BCUT2D eigenvalue weighted by Gasteiger charge is -2.20. The second-order valence-electron chi connectivity index (χ2n) is 5.76. The van der Waals surface area contributed by atoms with E-state index in [1.165, 1.54) is 0 Å². The molecule has 2 N–H and O–H groups in total. The number of β-amino-alcohol motifs (C(OH)–C–C–N with tert-alkyl or cyclic N) is 1. The highest BCUT2D eigenvalue weighted by atomic mass is 35.5. The molecule has 1 aliphatic heterocycles. The standard InChI is InChI=1S/C15H20Cl2N2O2/c1-8(2)19-6-13(14(20)7-19)18-15(21)10-4-11(16)9(3)12(17)5-10/h4-5,8,13-14,20H,6-7H2,1-3H3,(H,18,21). The lowest BCUT2D eigenvalue weighted by molar-refractivity contribution is 0.0888. The van der Waals surface area contributed by atoms with Crippen molar-refractivity contribution in [1.82, 2.24) is 10.2 Å². The van der Waals surface area contributed by atoms with E-state index < -0.39 is 6.10 Å². The van der Waals surface area contributed by atoms with Crippen molar-refractivity contribution in [2.24, 2.45) is 0 Å². The number of rotatable bonds is 3. The highest BCUT2D eigenvalue weighted by molar-refractivity contribution is 6.36. The molecule has 1 heterocycles. The quantitative estimate of drug-likeness (QED) is 0.895. The van der Waals surface area contributed by atoms with Gasteiger partial charge in [0.05, 0.1) is 12.1 Å². The van der Waals surface area contributed by atoms with Crippen molar-refractivity contribution < 1.29 is 9.90 Å². The van der Waals surface area contributed by atoms with Crippen LogP contribution in [0.25, 0.3) is 0 Å². The zero-order valence-electron chi connectivity index (χ0n) is 12.4. The predicted octanol–water partition coefficient (Wildman–Crippen LogP) is 2.49. The van der Waals surface area contributed by atoms with Gasteiger partial charge in [0, 0.05) is 34.7 Å². The lowest BCUT2D eigenvalue weighted by Crippen LogP contribution is -2.43. The summed E-state index contributed by atoms with van der Waals surface area (Å²) in [5.41, 5.74) is 1.16. The van der Waals surface area contributed by atoms with Crippen molar-refractivity contribution in [1.29, 1.82) is 0 Å². The molecule has 1 fully saturated rings. The Morgan fingerprint density at radius 3 is 2.38 bits per heavy atom. The van der Waals surface area contributed by atoms with Gasteiger partial charge in [-0.1, -0.05) is 23.2 Å². The third-order valence-electron chi connectivity index (χ3n) is 3.91. The lowest BCUT2D eigenvalue weighted by atomic mass is 10.1. The molecule has 0 aromatic heterocycles.